The van der Waals surface area contributed by atoms with Crippen molar-refractivity contribution < 1.29 is 9.84 Å². The van der Waals surface area contributed by atoms with Gasteiger partial charge in [-0.05, 0) is 89.7 Å². The van der Waals surface area contributed by atoms with Gasteiger partial charge in [0.15, 0.2) is 0 Å². The Hall–Kier alpha value is -1.90. The van der Waals surface area contributed by atoms with Gasteiger partial charge in [-0.25, -0.2) is 0 Å². The molecule has 1 saturated heterocycles. The molecule has 2 nitrogen and oxygen atoms in total. The van der Waals surface area contributed by atoms with Gasteiger partial charge in [-0.2, -0.15) is 0 Å². The Bertz CT molecular complexity index is 1140. The molecule has 1 N–H and O–H groups in total. The lowest BCUT2D eigenvalue weighted by Crippen LogP contribution is -2.54. The van der Waals surface area contributed by atoms with Gasteiger partial charge in [-0.1, -0.05) is 61.5 Å². The van der Waals surface area contributed by atoms with E-state index in [4.69, 9.17) is 4.74 Å². The first kappa shape index (κ1) is 18.7. The summed E-state index contributed by atoms with van der Waals surface area (Å²) >= 11 is 0. The fraction of sp³-hybridized carbons (Fsp3) is 0.517. The summed E-state index contributed by atoms with van der Waals surface area (Å²) < 4.78 is 7.19. The first-order chi connectivity index (χ1) is 15.0. The SMILES string of the molecule is C[C@]12CC=C3C=C4CC[C@H](O)C[C@]45CCC3(O5)[C@@H]1CC[C@@H]2c1ccc2ccccc2c1. The van der Waals surface area contributed by atoms with Crippen LogP contribution in [-0.4, -0.2) is 22.4 Å². The Balaban J connectivity index is 1.31. The molecule has 3 aliphatic carbocycles. The van der Waals surface area contributed by atoms with Crippen molar-refractivity contribution in [3.05, 3.63) is 71.3 Å². The van der Waals surface area contributed by atoms with Crippen LogP contribution >= 0.6 is 0 Å². The Kier molecular flexibility index (Phi) is 3.68. The number of hydrogen-bond donors (Lipinski definition) is 1. The van der Waals surface area contributed by atoms with Crippen molar-refractivity contribution in [3.63, 3.8) is 0 Å². The summed E-state index contributed by atoms with van der Waals surface area (Å²) in [4.78, 5) is 0. The molecule has 2 bridgehead atoms. The van der Waals surface area contributed by atoms with Crippen LogP contribution in [0.4, 0.5) is 0 Å². The van der Waals surface area contributed by atoms with Crippen LogP contribution in [-0.2, 0) is 4.74 Å². The molecule has 3 fully saturated rings. The van der Waals surface area contributed by atoms with Gasteiger partial charge in [0.05, 0.1) is 17.3 Å². The van der Waals surface area contributed by atoms with Crippen molar-refractivity contribution in [2.24, 2.45) is 11.3 Å². The number of aliphatic hydroxyl groups excluding tert-OH is 1. The zero-order valence-corrected chi connectivity index (χ0v) is 18.4. The van der Waals surface area contributed by atoms with Crippen molar-refractivity contribution in [1.82, 2.24) is 0 Å². The second kappa shape index (κ2) is 6.11. The molecule has 6 atom stereocenters. The quantitative estimate of drug-likeness (QED) is 0.584. The molecule has 2 heteroatoms. The molecule has 0 radical (unpaired) electrons. The molecule has 2 saturated carbocycles. The molecule has 2 aliphatic heterocycles. The van der Waals surface area contributed by atoms with Crippen LogP contribution in [0, 0.1) is 11.3 Å². The molecule has 0 amide bonds. The Morgan fingerprint density at radius 3 is 2.77 bits per heavy atom. The van der Waals surface area contributed by atoms with Gasteiger partial charge in [0, 0.05) is 6.42 Å². The van der Waals surface area contributed by atoms with Gasteiger partial charge in [-0.15, -0.1) is 0 Å². The predicted molar refractivity (Wildman–Crippen MR) is 124 cm³/mol. The molecule has 1 unspecified atom stereocenters. The minimum atomic E-state index is -0.207. The molecule has 160 valence electrons. The number of allylic oxidation sites excluding steroid dienone is 1. The van der Waals surface area contributed by atoms with Gasteiger partial charge < -0.3 is 9.84 Å². The van der Waals surface area contributed by atoms with E-state index < -0.39 is 0 Å². The monoisotopic (exact) mass is 412 g/mol. The summed E-state index contributed by atoms with van der Waals surface area (Å²) in [5.41, 5.74) is 4.35. The van der Waals surface area contributed by atoms with Gasteiger partial charge >= 0.3 is 0 Å². The van der Waals surface area contributed by atoms with Crippen molar-refractivity contribution in [1.29, 1.82) is 0 Å². The normalized spacial score (nSPS) is 43.1. The molecule has 2 aromatic rings. The van der Waals surface area contributed by atoms with Crippen LogP contribution in [0.2, 0.25) is 0 Å². The summed E-state index contributed by atoms with van der Waals surface area (Å²) in [6.07, 6.45) is 13.4. The van der Waals surface area contributed by atoms with E-state index in [1.165, 1.54) is 40.3 Å². The summed E-state index contributed by atoms with van der Waals surface area (Å²) in [7, 11) is 0. The first-order valence-corrected chi connectivity index (χ1v) is 12.3. The second-order valence-electron chi connectivity index (χ2n) is 11.2. The van der Waals surface area contributed by atoms with Crippen LogP contribution < -0.4 is 0 Å². The minimum Gasteiger partial charge on any atom is -0.393 e. The van der Waals surface area contributed by atoms with E-state index in [0.29, 0.717) is 11.8 Å². The van der Waals surface area contributed by atoms with Gasteiger partial charge in [0.2, 0.25) is 0 Å². The highest BCUT2D eigenvalue weighted by Crippen LogP contribution is 2.69. The van der Waals surface area contributed by atoms with E-state index in [1.54, 1.807) is 0 Å². The molecular weight excluding hydrogens is 380 g/mol. The smallest absolute Gasteiger partial charge is 0.0974 e. The molecule has 2 heterocycles. The molecule has 2 aromatic carbocycles. The first-order valence-electron chi connectivity index (χ1n) is 12.3. The summed E-state index contributed by atoms with van der Waals surface area (Å²) in [5, 5.41) is 13.1. The standard InChI is InChI=1S/C29H32O2/c1-27-13-12-23-17-22-8-9-24(30)18-28(22)14-15-29(23,31-28)26(27)11-10-25(27)21-7-6-19-4-2-3-5-20(19)16-21/h2-7,12,16-17,24-26,30H,8-11,13-15,18H2,1H3/t24-,25+,26+,27+,28+,29?/m0/s1. The number of fused-ring (bicyclic) bond motifs is 2. The largest absolute Gasteiger partial charge is 0.393 e. The summed E-state index contributed by atoms with van der Waals surface area (Å²) in [5.74, 6) is 1.14. The van der Waals surface area contributed by atoms with E-state index in [0.717, 1.165) is 38.5 Å². The van der Waals surface area contributed by atoms with E-state index in [-0.39, 0.29) is 22.7 Å². The van der Waals surface area contributed by atoms with Crippen LogP contribution in [0.1, 0.15) is 69.8 Å². The minimum absolute atomic E-state index is 0.126. The summed E-state index contributed by atoms with van der Waals surface area (Å²) in [6, 6.07) is 15.9. The van der Waals surface area contributed by atoms with Crippen LogP contribution in [0.3, 0.4) is 0 Å². The summed E-state index contributed by atoms with van der Waals surface area (Å²) in [6.45, 7) is 2.54. The fourth-order valence-electron chi connectivity index (χ4n) is 8.35. The van der Waals surface area contributed by atoms with Crippen molar-refractivity contribution in [2.45, 2.75) is 81.5 Å². The Morgan fingerprint density at radius 2 is 1.87 bits per heavy atom. The van der Waals surface area contributed by atoms with Crippen molar-refractivity contribution in [2.75, 3.05) is 0 Å². The van der Waals surface area contributed by atoms with E-state index in [1.807, 2.05) is 0 Å². The maximum absolute atomic E-state index is 10.5. The molecule has 2 spiro atoms. The topological polar surface area (TPSA) is 29.5 Å². The van der Waals surface area contributed by atoms with E-state index in [2.05, 4.69) is 61.5 Å². The van der Waals surface area contributed by atoms with Gasteiger partial charge in [-0.3, -0.25) is 0 Å². The molecule has 5 aliphatic rings. The van der Waals surface area contributed by atoms with Crippen LogP contribution in [0.25, 0.3) is 10.8 Å². The number of ether oxygens (including phenoxy) is 1. The van der Waals surface area contributed by atoms with Crippen LogP contribution in [0.15, 0.2) is 65.8 Å². The average molecular weight is 413 g/mol. The Labute approximate surface area is 185 Å². The van der Waals surface area contributed by atoms with Crippen LogP contribution in [0.5, 0.6) is 0 Å². The lowest BCUT2D eigenvalue weighted by atomic mass is 9.58. The number of benzene rings is 2. The highest BCUT2D eigenvalue weighted by molar-refractivity contribution is 5.83. The number of hydrogen-bond acceptors (Lipinski definition) is 2. The maximum Gasteiger partial charge on any atom is 0.0974 e. The van der Waals surface area contributed by atoms with E-state index in [9.17, 15) is 5.11 Å². The lowest BCUT2D eigenvalue weighted by Gasteiger charge is -2.54. The molecule has 7 rings (SSSR count). The van der Waals surface area contributed by atoms with E-state index >= 15 is 0 Å². The van der Waals surface area contributed by atoms with Crippen molar-refractivity contribution in [3.8, 4) is 0 Å². The third-order valence-electron chi connectivity index (χ3n) is 9.83. The highest BCUT2D eigenvalue weighted by atomic mass is 16.5. The average Bonchev–Trinajstić information content (AvgIpc) is 3.28. The third-order valence-corrected chi connectivity index (χ3v) is 9.83. The molecule has 31 heavy (non-hydrogen) atoms. The second-order valence-corrected chi connectivity index (χ2v) is 11.2. The van der Waals surface area contributed by atoms with Gasteiger partial charge in [0.25, 0.3) is 0 Å². The lowest BCUT2D eigenvalue weighted by molar-refractivity contribution is -0.144. The number of aliphatic hydroxyl groups is 1. The predicted octanol–water partition coefficient (Wildman–Crippen LogP) is 6.44. The zero-order chi connectivity index (χ0) is 20.8. The molecule has 0 aromatic heterocycles. The zero-order valence-electron chi connectivity index (χ0n) is 18.4. The Morgan fingerprint density at radius 1 is 1.00 bits per heavy atom. The highest BCUT2D eigenvalue weighted by Gasteiger charge is 2.66. The maximum atomic E-state index is 10.5. The van der Waals surface area contributed by atoms with Gasteiger partial charge in [0.1, 0.15) is 0 Å². The fourth-order valence-corrected chi connectivity index (χ4v) is 8.35. The van der Waals surface area contributed by atoms with Crippen molar-refractivity contribution >= 4 is 10.8 Å². The molecular formula is C29H32O2. The number of rotatable bonds is 1. The third kappa shape index (κ3) is 2.36.